The van der Waals surface area contributed by atoms with E-state index >= 15 is 0 Å². The molecule has 4 rings (SSSR count). The van der Waals surface area contributed by atoms with Crippen LogP contribution in [0.1, 0.15) is 62.1 Å². The largest absolute Gasteiger partial charge is 0.352 e. The van der Waals surface area contributed by atoms with Crippen molar-refractivity contribution in [2.75, 3.05) is 10.8 Å². The van der Waals surface area contributed by atoms with E-state index in [4.69, 9.17) is 11.6 Å². The summed E-state index contributed by atoms with van der Waals surface area (Å²) in [6, 6.07) is 20.0. The van der Waals surface area contributed by atoms with Gasteiger partial charge in [0, 0.05) is 17.6 Å². The number of sulfonamides is 1. The number of aryl methyl sites for hydroxylation is 2. The fourth-order valence-electron chi connectivity index (χ4n) is 5.43. The zero-order chi connectivity index (χ0) is 30.3. The number of halogens is 1. The summed E-state index contributed by atoms with van der Waals surface area (Å²) in [7, 11) is -4.15. The van der Waals surface area contributed by atoms with Crippen LogP contribution in [0.2, 0.25) is 5.02 Å². The SMILES string of the molecule is CC[C@H](C(=O)NC1CCCCC1)N(Cc1ccccc1C)C(=O)CN(c1cccc(Cl)c1)S(=O)(=O)c1ccc(C)cc1. The van der Waals surface area contributed by atoms with E-state index in [1.54, 1.807) is 30.3 Å². The molecule has 1 aliphatic carbocycles. The maximum atomic E-state index is 14.3. The number of carbonyl (C=O) groups excluding carboxylic acids is 2. The predicted molar refractivity (Wildman–Crippen MR) is 168 cm³/mol. The lowest BCUT2D eigenvalue weighted by Gasteiger charge is -2.34. The molecule has 3 aromatic carbocycles. The lowest BCUT2D eigenvalue weighted by atomic mass is 9.95. The zero-order valence-corrected chi connectivity index (χ0v) is 26.1. The highest BCUT2D eigenvalue weighted by atomic mass is 35.5. The van der Waals surface area contributed by atoms with Gasteiger partial charge in [-0.2, -0.15) is 0 Å². The Kier molecular flexibility index (Phi) is 10.7. The average Bonchev–Trinajstić information content (AvgIpc) is 2.97. The van der Waals surface area contributed by atoms with Crippen molar-refractivity contribution in [3.05, 3.63) is 94.5 Å². The molecule has 0 aliphatic heterocycles. The molecule has 0 saturated heterocycles. The quantitative estimate of drug-likeness (QED) is 0.272. The van der Waals surface area contributed by atoms with E-state index in [0.717, 1.165) is 53.1 Å². The van der Waals surface area contributed by atoms with Crippen LogP contribution in [-0.4, -0.2) is 43.8 Å². The van der Waals surface area contributed by atoms with Crippen LogP contribution >= 0.6 is 11.6 Å². The molecule has 0 bridgehead atoms. The molecule has 0 radical (unpaired) electrons. The van der Waals surface area contributed by atoms with Crippen LogP contribution in [0.3, 0.4) is 0 Å². The van der Waals surface area contributed by atoms with E-state index in [9.17, 15) is 18.0 Å². The minimum atomic E-state index is -4.15. The van der Waals surface area contributed by atoms with E-state index in [1.165, 1.54) is 23.1 Å². The van der Waals surface area contributed by atoms with Crippen LogP contribution in [0.4, 0.5) is 5.69 Å². The second-order valence-electron chi connectivity index (χ2n) is 11.0. The first-order valence-electron chi connectivity index (χ1n) is 14.6. The number of hydrogen-bond donors (Lipinski definition) is 1. The van der Waals surface area contributed by atoms with Crippen LogP contribution in [0.15, 0.2) is 77.7 Å². The number of amides is 2. The molecule has 7 nitrogen and oxygen atoms in total. The van der Waals surface area contributed by atoms with Gasteiger partial charge in [-0.1, -0.05) is 85.8 Å². The average molecular weight is 610 g/mol. The monoisotopic (exact) mass is 609 g/mol. The third-order valence-electron chi connectivity index (χ3n) is 7.92. The van der Waals surface area contributed by atoms with E-state index in [1.807, 2.05) is 45.0 Å². The molecule has 2 amide bonds. The number of anilines is 1. The molecular weight excluding hydrogens is 570 g/mol. The first kappa shape index (κ1) is 31.6. The van der Waals surface area contributed by atoms with Crippen LogP contribution in [0.5, 0.6) is 0 Å². The number of benzene rings is 3. The number of nitrogens with one attached hydrogen (secondary N) is 1. The molecule has 0 unspecified atom stereocenters. The Morgan fingerprint density at radius 3 is 2.29 bits per heavy atom. The minimum absolute atomic E-state index is 0.0633. The van der Waals surface area contributed by atoms with Crippen LogP contribution in [0, 0.1) is 13.8 Å². The molecule has 3 aromatic rings. The fourth-order valence-corrected chi connectivity index (χ4v) is 7.02. The smallest absolute Gasteiger partial charge is 0.264 e. The van der Waals surface area contributed by atoms with Crippen molar-refractivity contribution >= 4 is 39.1 Å². The minimum Gasteiger partial charge on any atom is -0.352 e. The van der Waals surface area contributed by atoms with Gasteiger partial charge in [-0.3, -0.25) is 13.9 Å². The van der Waals surface area contributed by atoms with Crippen molar-refractivity contribution in [2.45, 2.75) is 82.8 Å². The third-order valence-corrected chi connectivity index (χ3v) is 9.95. The summed E-state index contributed by atoms with van der Waals surface area (Å²) < 4.78 is 29.1. The van der Waals surface area contributed by atoms with Gasteiger partial charge < -0.3 is 10.2 Å². The Balaban J connectivity index is 1.71. The lowest BCUT2D eigenvalue weighted by Crippen LogP contribution is -2.54. The van der Waals surface area contributed by atoms with Crippen molar-refractivity contribution < 1.29 is 18.0 Å². The van der Waals surface area contributed by atoms with Gasteiger partial charge in [-0.25, -0.2) is 8.42 Å². The number of hydrogen-bond acceptors (Lipinski definition) is 4. The summed E-state index contributed by atoms with van der Waals surface area (Å²) in [4.78, 5) is 29.5. The zero-order valence-electron chi connectivity index (χ0n) is 24.6. The van der Waals surface area contributed by atoms with Crippen molar-refractivity contribution in [3.8, 4) is 0 Å². The highest BCUT2D eigenvalue weighted by molar-refractivity contribution is 7.92. The first-order chi connectivity index (χ1) is 20.1. The standard InChI is InChI=1S/C33H40ClN3O4S/c1-4-31(33(39)35-28-14-6-5-7-15-28)36(22-26-12-9-8-11-25(26)3)32(38)23-37(29-16-10-13-27(34)21-29)42(40,41)30-19-17-24(2)18-20-30/h8-13,16-21,28,31H,4-7,14-15,22-23H2,1-3H3,(H,35,39)/t31-/m1/s1. The van der Waals surface area contributed by atoms with Gasteiger partial charge in [0.05, 0.1) is 10.6 Å². The van der Waals surface area contributed by atoms with Crippen LogP contribution < -0.4 is 9.62 Å². The Hall–Kier alpha value is -3.36. The Morgan fingerprint density at radius 2 is 1.64 bits per heavy atom. The van der Waals surface area contributed by atoms with Crippen molar-refractivity contribution in [1.29, 1.82) is 0 Å². The predicted octanol–water partition coefficient (Wildman–Crippen LogP) is 6.41. The second-order valence-corrected chi connectivity index (χ2v) is 13.3. The summed E-state index contributed by atoms with van der Waals surface area (Å²) in [5.74, 6) is -0.679. The summed E-state index contributed by atoms with van der Waals surface area (Å²) in [5, 5.41) is 3.52. The van der Waals surface area contributed by atoms with Crippen molar-refractivity contribution in [3.63, 3.8) is 0 Å². The van der Waals surface area contributed by atoms with Gasteiger partial charge in [-0.05, 0) is 74.6 Å². The second kappa shape index (κ2) is 14.2. The normalized spacial score (nSPS) is 14.7. The molecule has 1 N–H and O–H groups in total. The van der Waals surface area contributed by atoms with Gasteiger partial charge in [0.1, 0.15) is 12.6 Å². The van der Waals surface area contributed by atoms with E-state index in [2.05, 4.69) is 5.32 Å². The van der Waals surface area contributed by atoms with Gasteiger partial charge in [-0.15, -0.1) is 0 Å². The van der Waals surface area contributed by atoms with Crippen LogP contribution in [-0.2, 0) is 26.2 Å². The first-order valence-corrected chi connectivity index (χ1v) is 16.4. The molecule has 0 heterocycles. The van der Waals surface area contributed by atoms with Crippen molar-refractivity contribution in [2.24, 2.45) is 0 Å². The molecule has 1 fully saturated rings. The maximum Gasteiger partial charge on any atom is 0.264 e. The van der Waals surface area contributed by atoms with E-state index in [-0.39, 0.29) is 29.1 Å². The van der Waals surface area contributed by atoms with Gasteiger partial charge in [0.25, 0.3) is 10.0 Å². The molecule has 1 atom stereocenters. The molecule has 224 valence electrons. The van der Waals surface area contributed by atoms with E-state index < -0.39 is 28.5 Å². The summed E-state index contributed by atoms with van der Waals surface area (Å²) in [6.07, 6.45) is 5.53. The highest BCUT2D eigenvalue weighted by Crippen LogP contribution is 2.27. The molecule has 0 spiro atoms. The number of carbonyl (C=O) groups is 2. The number of rotatable bonds is 11. The molecule has 9 heteroatoms. The summed E-state index contributed by atoms with van der Waals surface area (Å²) >= 11 is 6.27. The third kappa shape index (κ3) is 7.72. The molecule has 1 aliphatic rings. The van der Waals surface area contributed by atoms with Gasteiger partial charge >= 0.3 is 0 Å². The Morgan fingerprint density at radius 1 is 0.952 bits per heavy atom. The summed E-state index contributed by atoms with van der Waals surface area (Å²) in [5.41, 5.74) is 3.06. The Bertz CT molecular complexity index is 1490. The molecule has 42 heavy (non-hydrogen) atoms. The lowest BCUT2D eigenvalue weighted by molar-refractivity contribution is -0.140. The van der Waals surface area contributed by atoms with Gasteiger partial charge in [0.15, 0.2) is 0 Å². The maximum absolute atomic E-state index is 14.3. The Labute approximate surface area is 254 Å². The number of nitrogens with zero attached hydrogens (tertiary/aromatic N) is 2. The van der Waals surface area contributed by atoms with Crippen molar-refractivity contribution in [1.82, 2.24) is 10.2 Å². The molecular formula is C33H40ClN3O4S. The fraction of sp³-hybridized carbons (Fsp3) is 0.394. The topological polar surface area (TPSA) is 86.8 Å². The summed E-state index contributed by atoms with van der Waals surface area (Å²) in [6.45, 7) is 5.40. The van der Waals surface area contributed by atoms with Crippen LogP contribution in [0.25, 0.3) is 0 Å². The highest BCUT2D eigenvalue weighted by Gasteiger charge is 2.34. The van der Waals surface area contributed by atoms with E-state index in [0.29, 0.717) is 11.4 Å². The van der Waals surface area contributed by atoms with Gasteiger partial charge in [0.2, 0.25) is 11.8 Å². The molecule has 1 saturated carbocycles. The molecule has 0 aromatic heterocycles.